The maximum atomic E-state index is 13.2. The van der Waals surface area contributed by atoms with Crippen molar-refractivity contribution in [2.45, 2.75) is 4.90 Å². The minimum absolute atomic E-state index is 0.682. The zero-order valence-electron chi connectivity index (χ0n) is 15.0. The molecule has 27 heavy (non-hydrogen) atoms. The third-order valence-electron chi connectivity index (χ3n) is 4.42. The second kappa shape index (κ2) is 7.35. The van der Waals surface area contributed by atoms with Crippen molar-refractivity contribution in [1.82, 2.24) is 0 Å². The molecule has 134 valence electrons. The highest BCUT2D eigenvalue weighted by Crippen LogP contribution is 2.33. The third-order valence-corrected chi connectivity index (χ3v) is 6.11. The first-order valence-electron chi connectivity index (χ1n) is 8.74. The van der Waals surface area contributed by atoms with Crippen LogP contribution < -0.4 is 5.32 Å². The highest BCUT2D eigenvalue weighted by molar-refractivity contribution is 7.99. The van der Waals surface area contributed by atoms with Crippen LogP contribution in [0.2, 0.25) is 0 Å². The molecule has 1 N–H and O–H groups in total. The van der Waals surface area contributed by atoms with E-state index in [9.17, 15) is 4.55 Å². The molecule has 1 unspecified atom stereocenters. The molecule has 0 aliphatic heterocycles. The monoisotopic (exact) mass is 372 g/mol. The van der Waals surface area contributed by atoms with Gasteiger partial charge in [-0.05, 0) is 45.8 Å². The molecule has 0 saturated carbocycles. The summed E-state index contributed by atoms with van der Waals surface area (Å²) in [5, 5.41) is 5.77. The Kier molecular flexibility index (Phi) is 4.75. The number of hydrogen-bond donors (Lipinski definition) is 1. The summed E-state index contributed by atoms with van der Waals surface area (Å²) in [7, 11) is -2.54. The van der Waals surface area contributed by atoms with E-state index in [1.54, 1.807) is 6.26 Å². The fraction of sp³-hybridized carbons (Fsp3) is 0.0435. The molecule has 4 heteroatoms. The van der Waals surface area contributed by atoms with Crippen LogP contribution in [-0.2, 0) is 10.1 Å². The molecule has 4 aromatic rings. The van der Waals surface area contributed by atoms with E-state index in [1.165, 1.54) is 5.39 Å². The topological polar surface area (TPSA) is 47.5 Å². The molecule has 3 nitrogen and oxygen atoms in total. The van der Waals surface area contributed by atoms with Gasteiger partial charge in [0.05, 0.1) is 11.9 Å². The minimum Gasteiger partial charge on any atom is -0.626 e. The fourth-order valence-corrected chi connectivity index (χ4v) is 4.35. The van der Waals surface area contributed by atoms with Crippen molar-refractivity contribution in [2.75, 3.05) is 11.6 Å². The predicted molar refractivity (Wildman–Crippen MR) is 115 cm³/mol. The Morgan fingerprint density at radius 3 is 2.19 bits per heavy atom. The normalized spacial score (nSPS) is 13.1. The Hall–Kier alpha value is -2.95. The SMILES string of the molecule is C[S+]([O-])(=Nc1ccccc1Nc1cccc2ccccc12)c1ccccc1. The lowest BCUT2D eigenvalue weighted by Crippen LogP contribution is -2.07. The minimum atomic E-state index is -2.54. The smallest absolute Gasteiger partial charge is 0.136 e. The van der Waals surface area contributed by atoms with Crippen LogP contribution in [-0.4, -0.2) is 10.8 Å². The van der Waals surface area contributed by atoms with E-state index in [2.05, 4.69) is 27.9 Å². The van der Waals surface area contributed by atoms with Gasteiger partial charge in [-0.1, -0.05) is 66.7 Å². The average Bonchev–Trinajstić information content (AvgIpc) is 2.70. The van der Waals surface area contributed by atoms with Crippen molar-refractivity contribution in [1.29, 1.82) is 0 Å². The van der Waals surface area contributed by atoms with E-state index >= 15 is 0 Å². The van der Waals surface area contributed by atoms with Crippen LogP contribution >= 0.6 is 0 Å². The van der Waals surface area contributed by atoms with E-state index in [0.29, 0.717) is 5.69 Å². The van der Waals surface area contributed by atoms with Crippen molar-refractivity contribution in [3.8, 4) is 0 Å². The third kappa shape index (κ3) is 3.77. The standard InChI is InChI=1S/C23H20N2OS/c1-27(26,19-12-3-2-4-13-19)25-23-16-8-7-15-22(23)24-21-17-9-11-18-10-5-6-14-20(18)21/h2-17,24H,1H3. The van der Waals surface area contributed by atoms with Gasteiger partial charge in [-0.2, -0.15) is 0 Å². The molecular weight excluding hydrogens is 352 g/mol. The first-order valence-corrected chi connectivity index (χ1v) is 10.7. The number of nitrogens with one attached hydrogen (secondary N) is 1. The summed E-state index contributed by atoms with van der Waals surface area (Å²) in [6, 6.07) is 31.5. The second-order valence-electron chi connectivity index (χ2n) is 6.38. The number of fused-ring (bicyclic) bond motifs is 1. The van der Waals surface area contributed by atoms with E-state index in [-0.39, 0.29) is 0 Å². The van der Waals surface area contributed by atoms with E-state index in [1.807, 2.05) is 78.9 Å². The van der Waals surface area contributed by atoms with Gasteiger partial charge in [0.1, 0.15) is 10.6 Å². The molecule has 0 fully saturated rings. The predicted octanol–water partition coefficient (Wildman–Crippen LogP) is 6.37. The highest BCUT2D eigenvalue weighted by atomic mass is 32.3. The molecule has 0 aliphatic rings. The van der Waals surface area contributed by atoms with E-state index in [0.717, 1.165) is 21.7 Å². The summed E-state index contributed by atoms with van der Waals surface area (Å²) >= 11 is 0. The van der Waals surface area contributed by atoms with Gasteiger partial charge in [0.2, 0.25) is 0 Å². The Morgan fingerprint density at radius 2 is 1.33 bits per heavy atom. The highest BCUT2D eigenvalue weighted by Gasteiger charge is 2.13. The molecule has 0 aliphatic carbocycles. The number of anilines is 2. The molecule has 0 amide bonds. The summed E-state index contributed by atoms with van der Waals surface area (Å²) in [5.41, 5.74) is 2.51. The van der Waals surface area contributed by atoms with Gasteiger partial charge in [0.25, 0.3) is 0 Å². The second-order valence-corrected chi connectivity index (χ2v) is 8.63. The maximum Gasteiger partial charge on any atom is 0.136 e. The van der Waals surface area contributed by atoms with Crippen LogP contribution in [0.4, 0.5) is 17.1 Å². The first-order chi connectivity index (χ1) is 13.1. The maximum absolute atomic E-state index is 13.2. The summed E-state index contributed by atoms with van der Waals surface area (Å²) in [5.74, 6) is 0. The Labute approximate surface area is 160 Å². The summed E-state index contributed by atoms with van der Waals surface area (Å²) in [6.45, 7) is 0. The molecule has 4 rings (SSSR count). The van der Waals surface area contributed by atoms with Crippen LogP contribution in [0, 0.1) is 0 Å². The first kappa shape index (κ1) is 17.5. The summed E-state index contributed by atoms with van der Waals surface area (Å²) in [4.78, 5) is 0.727. The van der Waals surface area contributed by atoms with Crippen molar-refractivity contribution in [3.63, 3.8) is 0 Å². The molecule has 4 aromatic carbocycles. The van der Waals surface area contributed by atoms with Crippen LogP contribution in [0.5, 0.6) is 0 Å². The molecule has 0 bridgehead atoms. The van der Waals surface area contributed by atoms with Crippen LogP contribution in [0.1, 0.15) is 0 Å². The molecule has 0 aromatic heterocycles. The fourth-order valence-electron chi connectivity index (χ4n) is 3.05. The quantitative estimate of drug-likeness (QED) is 0.423. The molecular formula is C23H20N2OS. The molecule has 1 atom stereocenters. The number of rotatable bonds is 4. The van der Waals surface area contributed by atoms with Crippen LogP contribution in [0.25, 0.3) is 10.8 Å². The molecule has 0 radical (unpaired) electrons. The van der Waals surface area contributed by atoms with Gasteiger partial charge in [0, 0.05) is 11.1 Å². The summed E-state index contributed by atoms with van der Waals surface area (Å²) in [6.07, 6.45) is 1.68. The van der Waals surface area contributed by atoms with Crippen LogP contribution in [0.3, 0.4) is 0 Å². The number of benzene rings is 4. The zero-order valence-corrected chi connectivity index (χ0v) is 15.8. The largest absolute Gasteiger partial charge is 0.626 e. The number of nitrogens with zero attached hydrogens (tertiary/aromatic N) is 1. The van der Waals surface area contributed by atoms with Crippen LogP contribution in [0.15, 0.2) is 106 Å². The lowest BCUT2D eigenvalue weighted by molar-refractivity contribution is 0.590. The molecule has 0 saturated heterocycles. The van der Waals surface area contributed by atoms with Gasteiger partial charge >= 0.3 is 0 Å². The van der Waals surface area contributed by atoms with E-state index in [4.69, 9.17) is 0 Å². The van der Waals surface area contributed by atoms with Crippen molar-refractivity contribution in [3.05, 3.63) is 97.1 Å². The molecule has 0 heterocycles. The molecule has 0 spiro atoms. The zero-order chi connectivity index (χ0) is 18.7. The summed E-state index contributed by atoms with van der Waals surface area (Å²) < 4.78 is 17.8. The lowest BCUT2D eigenvalue weighted by Gasteiger charge is -2.18. The number of hydrogen-bond acceptors (Lipinski definition) is 3. The Bertz CT molecular complexity index is 1130. The number of para-hydroxylation sites is 1. The van der Waals surface area contributed by atoms with Gasteiger partial charge in [0.15, 0.2) is 0 Å². The van der Waals surface area contributed by atoms with Gasteiger partial charge in [-0.15, -0.1) is 4.36 Å². The van der Waals surface area contributed by atoms with Crippen molar-refractivity contribution < 1.29 is 4.55 Å². The Morgan fingerprint density at radius 1 is 0.704 bits per heavy atom. The average molecular weight is 372 g/mol. The van der Waals surface area contributed by atoms with Gasteiger partial charge in [-0.3, -0.25) is 0 Å². The Balaban J connectivity index is 1.77. The van der Waals surface area contributed by atoms with Crippen molar-refractivity contribution >= 4 is 37.9 Å². The van der Waals surface area contributed by atoms with Crippen molar-refractivity contribution in [2.24, 2.45) is 4.36 Å². The van der Waals surface area contributed by atoms with Gasteiger partial charge < -0.3 is 9.87 Å². The van der Waals surface area contributed by atoms with E-state index < -0.39 is 10.1 Å². The van der Waals surface area contributed by atoms with Gasteiger partial charge in [-0.25, -0.2) is 0 Å². The lowest BCUT2D eigenvalue weighted by atomic mass is 10.1.